The molecule has 0 saturated heterocycles. The van der Waals surface area contributed by atoms with E-state index in [2.05, 4.69) is 106 Å². The quantitative estimate of drug-likeness (QED) is 0.213. The molecule has 1 heterocycles. The minimum atomic E-state index is 0.710. The first-order valence-corrected chi connectivity index (χ1v) is 12.1. The van der Waals surface area contributed by atoms with Crippen LogP contribution >= 0.6 is 0 Å². The SMILES string of the molecule is C=N/C(CCCC)=N\N(CCc1ccccc1)Cc1ccc(-c2ccccc2C2=NNNN2)cc1. The van der Waals surface area contributed by atoms with Gasteiger partial charge in [0, 0.05) is 18.5 Å². The number of benzene rings is 3. The third-order valence-electron chi connectivity index (χ3n) is 5.91. The highest BCUT2D eigenvalue weighted by molar-refractivity contribution is 6.04. The zero-order valence-corrected chi connectivity index (χ0v) is 20.2. The predicted molar refractivity (Wildman–Crippen MR) is 145 cm³/mol. The summed E-state index contributed by atoms with van der Waals surface area (Å²) >= 11 is 0. The molecule has 0 spiro atoms. The van der Waals surface area contributed by atoms with E-state index in [0.29, 0.717) is 6.54 Å². The second-order valence-electron chi connectivity index (χ2n) is 8.47. The molecule has 3 aromatic rings. The highest BCUT2D eigenvalue weighted by Crippen LogP contribution is 2.25. The second kappa shape index (κ2) is 12.5. The van der Waals surface area contributed by atoms with Gasteiger partial charge in [-0.05, 0) is 41.8 Å². The van der Waals surface area contributed by atoms with E-state index in [1.54, 1.807) is 0 Å². The Hall–Kier alpha value is -3.97. The molecule has 0 aromatic heterocycles. The van der Waals surface area contributed by atoms with Crippen molar-refractivity contribution in [2.75, 3.05) is 6.54 Å². The molecular formula is C28H33N7. The molecule has 4 rings (SSSR count). The molecular weight excluding hydrogens is 434 g/mol. The summed E-state index contributed by atoms with van der Waals surface area (Å²) in [5.41, 5.74) is 14.4. The van der Waals surface area contributed by atoms with Gasteiger partial charge < -0.3 is 0 Å². The van der Waals surface area contributed by atoms with Crippen LogP contribution in [0.3, 0.4) is 0 Å². The molecule has 0 amide bonds. The minimum absolute atomic E-state index is 0.710. The number of rotatable bonds is 11. The van der Waals surface area contributed by atoms with Crippen LogP contribution in [0.25, 0.3) is 11.1 Å². The minimum Gasteiger partial charge on any atom is -0.291 e. The van der Waals surface area contributed by atoms with Gasteiger partial charge in [-0.3, -0.25) is 10.4 Å². The lowest BCUT2D eigenvalue weighted by atomic mass is 9.98. The second-order valence-corrected chi connectivity index (χ2v) is 8.47. The molecule has 0 atom stereocenters. The number of hydrazone groups is 2. The summed E-state index contributed by atoms with van der Waals surface area (Å²) in [4.78, 5) is 4.19. The molecule has 0 bridgehead atoms. The normalized spacial score (nSPS) is 13.1. The average molecular weight is 468 g/mol. The first-order chi connectivity index (χ1) is 17.3. The van der Waals surface area contributed by atoms with E-state index in [4.69, 9.17) is 5.10 Å². The number of hydrazine groups is 2. The van der Waals surface area contributed by atoms with E-state index >= 15 is 0 Å². The van der Waals surface area contributed by atoms with E-state index in [1.165, 1.54) is 11.1 Å². The van der Waals surface area contributed by atoms with E-state index in [9.17, 15) is 0 Å². The van der Waals surface area contributed by atoms with E-state index in [-0.39, 0.29) is 0 Å². The Morgan fingerprint density at radius 2 is 1.66 bits per heavy atom. The molecule has 35 heavy (non-hydrogen) atoms. The van der Waals surface area contributed by atoms with Gasteiger partial charge in [0.1, 0.15) is 5.84 Å². The van der Waals surface area contributed by atoms with Gasteiger partial charge in [-0.25, -0.2) is 10.5 Å². The smallest absolute Gasteiger partial charge is 0.171 e. The standard InChI is InChI=1S/C28H33N7/c1-3-4-14-27(29-2)32-35(20-19-22-10-6-5-7-11-22)21-23-15-17-24(18-16-23)25-12-8-9-13-26(25)28-30-33-34-31-28/h5-13,15-18,33-34H,2-4,14,19-21H2,1H3,(H,30,31)/b32-27-. The van der Waals surface area contributed by atoms with Crippen LogP contribution in [0, 0.1) is 0 Å². The maximum absolute atomic E-state index is 4.87. The van der Waals surface area contributed by atoms with Crippen molar-refractivity contribution in [3.63, 3.8) is 0 Å². The van der Waals surface area contributed by atoms with E-state index in [0.717, 1.165) is 60.6 Å². The summed E-state index contributed by atoms with van der Waals surface area (Å²) in [6, 6.07) is 27.4. The van der Waals surface area contributed by atoms with Crippen LogP contribution in [-0.4, -0.2) is 29.9 Å². The highest BCUT2D eigenvalue weighted by Gasteiger charge is 2.14. The Bertz CT molecular complexity index is 1150. The summed E-state index contributed by atoms with van der Waals surface area (Å²) in [5, 5.41) is 11.2. The Morgan fingerprint density at radius 1 is 0.914 bits per heavy atom. The predicted octanol–water partition coefficient (Wildman–Crippen LogP) is 4.88. The van der Waals surface area contributed by atoms with Crippen molar-refractivity contribution in [3.8, 4) is 11.1 Å². The summed E-state index contributed by atoms with van der Waals surface area (Å²) in [6.45, 7) is 7.44. The average Bonchev–Trinajstić information content (AvgIpc) is 3.45. The fourth-order valence-electron chi connectivity index (χ4n) is 3.99. The Balaban J connectivity index is 1.52. The number of unbranched alkanes of at least 4 members (excludes halogenated alkanes) is 1. The van der Waals surface area contributed by atoms with Crippen LogP contribution in [0.5, 0.6) is 0 Å². The molecule has 0 aliphatic carbocycles. The largest absolute Gasteiger partial charge is 0.291 e. The maximum Gasteiger partial charge on any atom is 0.171 e. The Morgan fingerprint density at radius 3 is 2.34 bits per heavy atom. The molecule has 0 unspecified atom stereocenters. The topological polar surface area (TPSA) is 76.4 Å². The summed E-state index contributed by atoms with van der Waals surface area (Å²) < 4.78 is 0. The zero-order valence-electron chi connectivity index (χ0n) is 20.2. The molecule has 7 heteroatoms. The first-order valence-electron chi connectivity index (χ1n) is 12.1. The van der Waals surface area contributed by atoms with Gasteiger partial charge in [0.25, 0.3) is 0 Å². The fourth-order valence-corrected chi connectivity index (χ4v) is 3.99. The number of hydrogen-bond acceptors (Lipinski definition) is 6. The molecule has 3 aromatic carbocycles. The monoisotopic (exact) mass is 467 g/mol. The molecule has 180 valence electrons. The molecule has 7 nitrogen and oxygen atoms in total. The summed E-state index contributed by atoms with van der Waals surface area (Å²) in [7, 11) is 0. The number of amidine groups is 2. The number of nitrogens with zero attached hydrogens (tertiary/aromatic N) is 4. The van der Waals surface area contributed by atoms with Crippen LogP contribution in [0.15, 0.2) is 94.1 Å². The van der Waals surface area contributed by atoms with Crippen LogP contribution < -0.4 is 16.5 Å². The maximum atomic E-state index is 4.87. The lowest BCUT2D eigenvalue weighted by Gasteiger charge is -2.21. The number of nitrogens with one attached hydrogen (secondary N) is 3. The van der Waals surface area contributed by atoms with Crippen molar-refractivity contribution >= 4 is 18.4 Å². The van der Waals surface area contributed by atoms with Gasteiger partial charge in [-0.1, -0.05) is 92.2 Å². The van der Waals surface area contributed by atoms with Crippen molar-refractivity contribution < 1.29 is 0 Å². The van der Waals surface area contributed by atoms with Crippen molar-refractivity contribution in [3.05, 3.63) is 95.6 Å². The van der Waals surface area contributed by atoms with Gasteiger partial charge in [0.2, 0.25) is 0 Å². The molecule has 1 aliphatic heterocycles. The lowest BCUT2D eigenvalue weighted by Crippen LogP contribution is -2.35. The number of hydrogen-bond donors (Lipinski definition) is 3. The molecule has 0 radical (unpaired) electrons. The molecule has 3 N–H and O–H groups in total. The fraction of sp³-hybridized carbons (Fsp3) is 0.250. The summed E-state index contributed by atoms with van der Waals surface area (Å²) in [6.07, 6.45) is 3.93. The van der Waals surface area contributed by atoms with Crippen molar-refractivity contribution in [2.24, 2.45) is 15.2 Å². The van der Waals surface area contributed by atoms with E-state index < -0.39 is 0 Å². The Labute approximate surface area is 207 Å². The first kappa shape index (κ1) is 24.2. The molecule has 0 saturated carbocycles. The van der Waals surface area contributed by atoms with Crippen molar-refractivity contribution in [2.45, 2.75) is 39.2 Å². The molecule has 1 aliphatic rings. The highest BCUT2D eigenvalue weighted by atomic mass is 15.8. The van der Waals surface area contributed by atoms with Gasteiger partial charge >= 0.3 is 0 Å². The van der Waals surface area contributed by atoms with Crippen molar-refractivity contribution in [1.29, 1.82) is 0 Å². The van der Waals surface area contributed by atoms with E-state index in [1.807, 2.05) is 18.2 Å². The van der Waals surface area contributed by atoms with Gasteiger partial charge in [0.15, 0.2) is 5.84 Å². The van der Waals surface area contributed by atoms with Crippen LogP contribution in [-0.2, 0) is 13.0 Å². The van der Waals surface area contributed by atoms with Crippen LogP contribution in [0.2, 0.25) is 0 Å². The van der Waals surface area contributed by atoms with Crippen LogP contribution in [0.1, 0.15) is 42.9 Å². The van der Waals surface area contributed by atoms with Gasteiger partial charge in [-0.2, -0.15) is 5.10 Å². The van der Waals surface area contributed by atoms with Crippen LogP contribution in [0.4, 0.5) is 0 Å². The third-order valence-corrected chi connectivity index (χ3v) is 5.91. The number of aliphatic imine (C=N–C) groups is 1. The third kappa shape index (κ3) is 6.77. The zero-order chi connectivity index (χ0) is 24.3. The Kier molecular flexibility index (Phi) is 8.62. The molecule has 0 fully saturated rings. The van der Waals surface area contributed by atoms with Gasteiger partial charge in [0.05, 0.1) is 6.54 Å². The van der Waals surface area contributed by atoms with Crippen molar-refractivity contribution in [1.82, 2.24) is 21.5 Å². The summed E-state index contributed by atoms with van der Waals surface area (Å²) in [5.74, 6) is 1.57. The lowest BCUT2D eigenvalue weighted by molar-refractivity contribution is 0.282. The van der Waals surface area contributed by atoms with Gasteiger partial charge in [-0.15, -0.1) is 10.6 Å².